The maximum atomic E-state index is 13.7. The molecule has 0 bridgehead atoms. The number of rotatable bonds is 5. The minimum absolute atomic E-state index is 0.107. The molecule has 1 unspecified atom stereocenters. The number of hydrogen-bond acceptors (Lipinski definition) is 3. The lowest BCUT2D eigenvalue weighted by molar-refractivity contribution is -0.137. The predicted molar refractivity (Wildman–Crippen MR) is 117 cm³/mol. The van der Waals surface area contributed by atoms with Crippen LogP contribution in [0.3, 0.4) is 0 Å². The lowest BCUT2D eigenvalue weighted by Gasteiger charge is -2.45. The number of fused-ring (bicyclic) bond motifs is 3. The van der Waals surface area contributed by atoms with Crippen molar-refractivity contribution in [2.75, 3.05) is 14.2 Å². The highest BCUT2D eigenvalue weighted by molar-refractivity contribution is 6.08. The van der Waals surface area contributed by atoms with E-state index in [0.29, 0.717) is 6.10 Å². The van der Waals surface area contributed by atoms with Crippen molar-refractivity contribution in [3.8, 4) is 0 Å². The first kappa shape index (κ1) is 20.6. The summed E-state index contributed by atoms with van der Waals surface area (Å²) in [4.78, 5) is 20.7. The SMILES string of the molecule is COC1CCC2(CC1)Cc1ccc(CCCC(C)C)cc1C21N=C(C)N(C)C1=O. The van der Waals surface area contributed by atoms with E-state index in [1.54, 1.807) is 4.90 Å². The number of nitrogens with zero attached hydrogens (tertiary/aromatic N) is 2. The Morgan fingerprint density at radius 2 is 2.00 bits per heavy atom. The number of carbonyl (C=O) groups excluding carboxylic acids is 1. The fourth-order valence-electron chi connectivity index (χ4n) is 5.96. The molecule has 2 spiro atoms. The van der Waals surface area contributed by atoms with E-state index in [-0.39, 0.29) is 11.3 Å². The number of aliphatic imine (C=N–C) groups is 1. The Kier molecular flexibility index (Phi) is 5.35. The van der Waals surface area contributed by atoms with Gasteiger partial charge >= 0.3 is 0 Å². The van der Waals surface area contributed by atoms with Crippen molar-refractivity contribution < 1.29 is 9.53 Å². The van der Waals surface area contributed by atoms with E-state index in [1.807, 2.05) is 21.1 Å². The largest absolute Gasteiger partial charge is 0.381 e. The number of likely N-dealkylation sites (N-methyl/N-ethyl adjacent to an activating group) is 1. The highest BCUT2D eigenvalue weighted by Gasteiger charge is 2.65. The number of ether oxygens (including phenoxy) is 1. The van der Waals surface area contributed by atoms with E-state index >= 15 is 0 Å². The van der Waals surface area contributed by atoms with Crippen LogP contribution in [0.2, 0.25) is 0 Å². The number of aryl methyl sites for hydroxylation is 1. The second kappa shape index (κ2) is 7.54. The zero-order chi connectivity index (χ0) is 20.8. The molecule has 158 valence electrons. The van der Waals surface area contributed by atoms with Gasteiger partial charge in [0.15, 0.2) is 5.54 Å². The summed E-state index contributed by atoms with van der Waals surface area (Å²) < 4.78 is 5.64. The number of carbonyl (C=O) groups is 1. The van der Waals surface area contributed by atoms with Gasteiger partial charge in [0.25, 0.3) is 5.91 Å². The van der Waals surface area contributed by atoms with Crippen molar-refractivity contribution in [3.63, 3.8) is 0 Å². The minimum Gasteiger partial charge on any atom is -0.381 e. The zero-order valence-electron chi connectivity index (χ0n) is 18.8. The Morgan fingerprint density at radius 3 is 2.59 bits per heavy atom. The molecule has 4 heteroatoms. The molecule has 3 aliphatic rings. The minimum atomic E-state index is -0.728. The van der Waals surface area contributed by atoms with Gasteiger partial charge in [-0.15, -0.1) is 0 Å². The summed E-state index contributed by atoms with van der Waals surface area (Å²) in [5.74, 6) is 1.75. The Morgan fingerprint density at radius 1 is 1.28 bits per heavy atom. The molecule has 1 aliphatic heterocycles. The fourth-order valence-corrected chi connectivity index (χ4v) is 5.96. The predicted octanol–water partition coefficient (Wildman–Crippen LogP) is 4.88. The maximum Gasteiger partial charge on any atom is 0.260 e. The number of amidine groups is 1. The summed E-state index contributed by atoms with van der Waals surface area (Å²) >= 11 is 0. The van der Waals surface area contributed by atoms with Gasteiger partial charge in [0.05, 0.1) is 6.10 Å². The fraction of sp³-hybridized carbons (Fsp3) is 0.680. The molecular weight excluding hydrogens is 360 g/mol. The van der Waals surface area contributed by atoms with Crippen LogP contribution in [0.4, 0.5) is 0 Å². The molecule has 1 aromatic rings. The van der Waals surface area contributed by atoms with Crippen molar-refractivity contribution >= 4 is 11.7 Å². The third kappa shape index (κ3) is 3.15. The topological polar surface area (TPSA) is 41.9 Å². The van der Waals surface area contributed by atoms with E-state index in [0.717, 1.165) is 50.3 Å². The van der Waals surface area contributed by atoms with Crippen molar-refractivity contribution in [1.29, 1.82) is 0 Å². The van der Waals surface area contributed by atoms with E-state index in [4.69, 9.17) is 9.73 Å². The van der Waals surface area contributed by atoms with Gasteiger partial charge in [0, 0.05) is 19.6 Å². The lowest BCUT2D eigenvalue weighted by atomic mass is 9.61. The standard InChI is InChI=1S/C25H36N2O2/c1-17(2)7-6-8-19-9-10-20-16-24(13-11-21(29-5)12-14-24)25(22(20)15-19)23(28)27(4)18(3)26-25/h9-10,15,17,21H,6-8,11-14,16H2,1-5H3. The van der Waals surface area contributed by atoms with Crippen molar-refractivity contribution in [3.05, 3.63) is 34.9 Å². The molecule has 1 amide bonds. The van der Waals surface area contributed by atoms with Crippen LogP contribution in [-0.2, 0) is 27.9 Å². The molecule has 1 fully saturated rings. The second-order valence-corrected chi connectivity index (χ2v) is 9.90. The molecule has 0 N–H and O–H groups in total. The van der Waals surface area contributed by atoms with Gasteiger partial charge in [0.1, 0.15) is 5.84 Å². The zero-order valence-corrected chi connectivity index (χ0v) is 18.8. The van der Waals surface area contributed by atoms with Gasteiger partial charge in [-0.2, -0.15) is 0 Å². The average molecular weight is 397 g/mol. The van der Waals surface area contributed by atoms with Gasteiger partial charge in [-0.3, -0.25) is 9.79 Å². The van der Waals surface area contributed by atoms with Crippen LogP contribution in [0, 0.1) is 11.3 Å². The number of methoxy groups -OCH3 is 1. The first-order chi connectivity index (χ1) is 13.8. The van der Waals surface area contributed by atoms with E-state index in [9.17, 15) is 4.79 Å². The van der Waals surface area contributed by atoms with Crippen LogP contribution < -0.4 is 0 Å². The van der Waals surface area contributed by atoms with E-state index in [2.05, 4.69) is 32.0 Å². The third-order valence-corrected chi connectivity index (χ3v) is 7.76. The molecule has 0 aromatic heterocycles. The summed E-state index contributed by atoms with van der Waals surface area (Å²) in [7, 11) is 3.69. The number of amides is 1. The summed E-state index contributed by atoms with van der Waals surface area (Å²) in [6.45, 7) is 6.54. The Balaban J connectivity index is 1.74. The van der Waals surface area contributed by atoms with Crippen LogP contribution >= 0.6 is 0 Å². The van der Waals surface area contributed by atoms with Crippen LogP contribution in [0.5, 0.6) is 0 Å². The Labute approximate surface area is 175 Å². The lowest BCUT2D eigenvalue weighted by Crippen LogP contribution is -2.51. The van der Waals surface area contributed by atoms with Crippen LogP contribution in [-0.4, -0.2) is 36.9 Å². The van der Waals surface area contributed by atoms with Gasteiger partial charge in [-0.05, 0) is 74.5 Å². The summed E-state index contributed by atoms with van der Waals surface area (Å²) in [5, 5.41) is 0. The van der Waals surface area contributed by atoms with Crippen molar-refractivity contribution in [2.45, 2.75) is 83.8 Å². The highest BCUT2D eigenvalue weighted by atomic mass is 16.5. The maximum absolute atomic E-state index is 13.7. The average Bonchev–Trinajstić information content (AvgIpc) is 3.09. The molecule has 4 nitrogen and oxygen atoms in total. The molecule has 1 atom stereocenters. The monoisotopic (exact) mass is 396 g/mol. The Hall–Kier alpha value is -1.68. The quantitative estimate of drug-likeness (QED) is 0.712. The molecule has 0 saturated heterocycles. The van der Waals surface area contributed by atoms with Gasteiger partial charge in [-0.1, -0.05) is 38.5 Å². The molecule has 2 aliphatic carbocycles. The molecule has 1 aromatic carbocycles. The van der Waals surface area contributed by atoms with Gasteiger partial charge in [0.2, 0.25) is 0 Å². The normalized spacial score (nSPS) is 31.2. The van der Waals surface area contributed by atoms with E-state index < -0.39 is 5.54 Å². The first-order valence-corrected chi connectivity index (χ1v) is 11.3. The summed E-state index contributed by atoms with van der Waals surface area (Å²) in [5.41, 5.74) is 3.03. The van der Waals surface area contributed by atoms with Crippen LogP contribution in [0.25, 0.3) is 0 Å². The van der Waals surface area contributed by atoms with Crippen molar-refractivity contribution in [2.24, 2.45) is 16.3 Å². The van der Waals surface area contributed by atoms with Gasteiger partial charge in [-0.25, -0.2) is 0 Å². The van der Waals surface area contributed by atoms with Crippen LogP contribution in [0.1, 0.15) is 76.0 Å². The third-order valence-electron chi connectivity index (χ3n) is 7.76. The highest BCUT2D eigenvalue weighted by Crippen LogP contribution is 2.62. The van der Waals surface area contributed by atoms with E-state index in [1.165, 1.54) is 29.5 Å². The summed E-state index contributed by atoms with van der Waals surface area (Å²) in [6.07, 6.45) is 8.81. The van der Waals surface area contributed by atoms with Crippen molar-refractivity contribution in [1.82, 2.24) is 4.90 Å². The Bertz CT molecular complexity index is 820. The number of hydrogen-bond donors (Lipinski definition) is 0. The first-order valence-electron chi connectivity index (χ1n) is 11.3. The second-order valence-electron chi connectivity index (χ2n) is 9.90. The molecule has 29 heavy (non-hydrogen) atoms. The molecule has 1 saturated carbocycles. The molecule has 1 heterocycles. The van der Waals surface area contributed by atoms with Crippen LogP contribution in [0.15, 0.2) is 23.2 Å². The van der Waals surface area contributed by atoms with Gasteiger partial charge < -0.3 is 9.64 Å². The molecular formula is C25H36N2O2. The molecule has 4 rings (SSSR count). The summed E-state index contributed by atoms with van der Waals surface area (Å²) in [6, 6.07) is 6.89. The molecule has 0 radical (unpaired) electrons. The smallest absolute Gasteiger partial charge is 0.260 e. The number of benzene rings is 1.